The normalized spacial score (nSPS) is 11.6. The van der Waals surface area contributed by atoms with E-state index in [0.717, 1.165) is 17.5 Å². The molecule has 0 aliphatic carbocycles. The van der Waals surface area contributed by atoms with Gasteiger partial charge in [-0.25, -0.2) is 9.78 Å². The van der Waals surface area contributed by atoms with Gasteiger partial charge in [-0.3, -0.25) is 13.9 Å². The summed E-state index contributed by atoms with van der Waals surface area (Å²) < 4.78 is 2.61. The molecule has 0 radical (unpaired) electrons. The minimum absolute atomic E-state index is 0.279. The van der Waals surface area contributed by atoms with Gasteiger partial charge in [0, 0.05) is 29.9 Å². The van der Waals surface area contributed by atoms with Crippen molar-refractivity contribution in [1.82, 2.24) is 24.0 Å². The molecule has 0 unspecified atom stereocenters. The van der Waals surface area contributed by atoms with Crippen molar-refractivity contribution in [3.8, 4) is 11.4 Å². The standard InChI is InChI=1S/C17H21ClN6O2/c1-22(2)7-4-8-24-15-13(16(25)23(3)17(24)26)20-14(21-15)11-6-5-10(18)9-12(11)19/h5-6,9H,4,7-8,19H2,1-3H3,(H,20,21). The highest BCUT2D eigenvalue weighted by Gasteiger charge is 2.17. The van der Waals surface area contributed by atoms with E-state index in [0.29, 0.717) is 34.3 Å². The molecule has 2 heterocycles. The molecule has 8 nitrogen and oxygen atoms in total. The Morgan fingerprint density at radius 2 is 2.04 bits per heavy atom. The molecule has 0 saturated heterocycles. The largest absolute Gasteiger partial charge is 0.398 e. The fourth-order valence-corrected chi connectivity index (χ4v) is 3.04. The van der Waals surface area contributed by atoms with Crippen molar-refractivity contribution in [2.75, 3.05) is 26.4 Å². The van der Waals surface area contributed by atoms with E-state index in [2.05, 4.69) is 9.97 Å². The summed E-state index contributed by atoms with van der Waals surface area (Å²) in [5.41, 5.74) is 6.90. The lowest BCUT2D eigenvalue weighted by molar-refractivity contribution is 0.384. The number of hydrogen-bond donors (Lipinski definition) is 2. The Labute approximate surface area is 154 Å². The number of anilines is 1. The van der Waals surface area contributed by atoms with Crippen LogP contribution in [0.4, 0.5) is 5.69 Å². The van der Waals surface area contributed by atoms with Crippen LogP contribution < -0.4 is 17.0 Å². The molecule has 0 aliphatic heterocycles. The molecule has 0 atom stereocenters. The first-order valence-corrected chi connectivity index (χ1v) is 8.57. The number of rotatable bonds is 5. The number of nitrogen functional groups attached to an aromatic ring is 1. The second-order valence-electron chi connectivity index (χ2n) is 6.47. The summed E-state index contributed by atoms with van der Waals surface area (Å²) in [6.45, 7) is 1.28. The summed E-state index contributed by atoms with van der Waals surface area (Å²) in [6.07, 6.45) is 0.755. The Bertz CT molecular complexity index is 1080. The number of aryl methyl sites for hydroxylation is 1. The third-order valence-electron chi connectivity index (χ3n) is 4.23. The van der Waals surface area contributed by atoms with Gasteiger partial charge >= 0.3 is 5.69 Å². The van der Waals surface area contributed by atoms with Gasteiger partial charge in [0.1, 0.15) is 11.3 Å². The first-order valence-electron chi connectivity index (χ1n) is 8.19. The van der Waals surface area contributed by atoms with Gasteiger partial charge in [-0.05, 0) is 45.3 Å². The van der Waals surface area contributed by atoms with E-state index in [9.17, 15) is 9.59 Å². The van der Waals surface area contributed by atoms with Crippen molar-refractivity contribution in [2.24, 2.45) is 7.05 Å². The molecule has 9 heteroatoms. The summed E-state index contributed by atoms with van der Waals surface area (Å²) in [4.78, 5) is 34.6. The molecule has 0 fully saturated rings. The monoisotopic (exact) mass is 376 g/mol. The summed E-state index contributed by atoms with van der Waals surface area (Å²) in [5, 5.41) is 0.513. The first kappa shape index (κ1) is 18.2. The van der Waals surface area contributed by atoms with E-state index in [-0.39, 0.29) is 11.2 Å². The molecule has 0 saturated carbocycles. The van der Waals surface area contributed by atoms with Crippen LogP contribution in [0.25, 0.3) is 22.6 Å². The van der Waals surface area contributed by atoms with Gasteiger partial charge in [0.05, 0.1) is 0 Å². The SMILES string of the molecule is CN(C)CCCn1c(=O)n(C)c(=O)c2[nH]c(-c3ccc(Cl)cc3N)nc21. The zero-order chi connectivity index (χ0) is 19.0. The van der Waals surface area contributed by atoms with Crippen LogP contribution in [0.15, 0.2) is 27.8 Å². The van der Waals surface area contributed by atoms with Gasteiger partial charge in [0.25, 0.3) is 5.56 Å². The third-order valence-corrected chi connectivity index (χ3v) is 4.47. The Hall–Kier alpha value is -2.58. The minimum Gasteiger partial charge on any atom is -0.398 e. The van der Waals surface area contributed by atoms with Crippen LogP contribution in [0.2, 0.25) is 5.02 Å². The summed E-state index contributed by atoms with van der Waals surface area (Å²) >= 11 is 5.94. The van der Waals surface area contributed by atoms with Crippen LogP contribution in [0.5, 0.6) is 0 Å². The molecule has 0 amide bonds. The average molecular weight is 377 g/mol. The minimum atomic E-state index is -0.417. The molecule has 3 N–H and O–H groups in total. The molecule has 2 aromatic heterocycles. The molecule has 3 rings (SSSR count). The van der Waals surface area contributed by atoms with Crippen molar-refractivity contribution in [1.29, 1.82) is 0 Å². The topological polar surface area (TPSA) is 102 Å². The maximum Gasteiger partial charge on any atom is 0.332 e. The van der Waals surface area contributed by atoms with Gasteiger partial charge in [0.15, 0.2) is 5.65 Å². The quantitative estimate of drug-likeness (QED) is 0.653. The molecule has 0 bridgehead atoms. The Balaban J connectivity index is 2.17. The van der Waals surface area contributed by atoms with Gasteiger partial charge in [-0.2, -0.15) is 0 Å². The van der Waals surface area contributed by atoms with Crippen molar-refractivity contribution in [3.05, 3.63) is 44.1 Å². The lowest BCUT2D eigenvalue weighted by Crippen LogP contribution is -2.38. The van der Waals surface area contributed by atoms with Crippen molar-refractivity contribution in [2.45, 2.75) is 13.0 Å². The number of benzene rings is 1. The lowest BCUT2D eigenvalue weighted by atomic mass is 10.2. The molecular weight excluding hydrogens is 356 g/mol. The third kappa shape index (κ3) is 3.25. The van der Waals surface area contributed by atoms with Gasteiger partial charge in [-0.15, -0.1) is 0 Å². The Morgan fingerprint density at radius 3 is 2.69 bits per heavy atom. The highest BCUT2D eigenvalue weighted by atomic mass is 35.5. The van der Waals surface area contributed by atoms with E-state index in [1.165, 1.54) is 11.6 Å². The number of H-pyrrole nitrogens is 1. The van der Waals surface area contributed by atoms with E-state index in [1.807, 2.05) is 19.0 Å². The van der Waals surface area contributed by atoms with Crippen LogP contribution >= 0.6 is 11.6 Å². The molecule has 26 heavy (non-hydrogen) atoms. The summed E-state index contributed by atoms with van der Waals surface area (Å²) in [6, 6.07) is 5.05. The summed E-state index contributed by atoms with van der Waals surface area (Å²) in [5.74, 6) is 0.429. The van der Waals surface area contributed by atoms with E-state index in [4.69, 9.17) is 17.3 Å². The smallest absolute Gasteiger partial charge is 0.332 e. The molecule has 1 aromatic carbocycles. The highest BCUT2D eigenvalue weighted by molar-refractivity contribution is 6.31. The number of nitrogens with two attached hydrogens (primary N) is 1. The zero-order valence-corrected chi connectivity index (χ0v) is 15.7. The molecule has 0 spiro atoms. The Kier molecular flexibility index (Phi) is 4.88. The van der Waals surface area contributed by atoms with Crippen LogP contribution in [0.1, 0.15) is 6.42 Å². The number of fused-ring (bicyclic) bond motifs is 1. The Morgan fingerprint density at radius 1 is 1.31 bits per heavy atom. The predicted molar refractivity (Wildman–Crippen MR) is 104 cm³/mol. The van der Waals surface area contributed by atoms with E-state index in [1.54, 1.807) is 18.2 Å². The van der Waals surface area contributed by atoms with Crippen LogP contribution in [0, 0.1) is 0 Å². The predicted octanol–water partition coefficient (Wildman–Crippen LogP) is 1.28. The maximum absolute atomic E-state index is 12.6. The number of imidazole rings is 1. The first-order chi connectivity index (χ1) is 12.3. The van der Waals surface area contributed by atoms with Crippen molar-refractivity contribution in [3.63, 3.8) is 0 Å². The van der Waals surface area contributed by atoms with Crippen LogP contribution in [-0.4, -0.2) is 44.6 Å². The fraction of sp³-hybridized carbons (Fsp3) is 0.353. The van der Waals surface area contributed by atoms with Gasteiger partial charge < -0.3 is 15.6 Å². The number of aromatic amines is 1. The number of nitrogens with zero attached hydrogens (tertiary/aromatic N) is 4. The van der Waals surface area contributed by atoms with Crippen molar-refractivity contribution >= 4 is 28.5 Å². The number of hydrogen-bond acceptors (Lipinski definition) is 5. The zero-order valence-electron chi connectivity index (χ0n) is 14.9. The van der Waals surface area contributed by atoms with Crippen LogP contribution in [0.3, 0.4) is 0 Å². The highest BCUT2D eigenvalue weighted by Crippen LogP contribution is 2.27. The maximum atomic E-state index is 12.6. The number of halogens is 1. The molecule has 0 aliphatic rings. The molecule has 3 aromatic rings. The molecule has 138 valence electrons. The number of nitrogens with one attached hydrogen (secondary N) is 1. The van der Waals surface area contributed by atoms with Crippen molar-refractivity contribution < 1.29 is 0 Å². The van der Waals surface area contributed by atoms with Crippen LogP contribution in [-0.2, 0) is 13.6 Å². The van der Waals surface area contributed by atoms with E-state index < -0.39 is 5.56 Å². The number of aromatic nitrogens is 4. The van der Waals surface area contributed by atoms with Gasteiger partial charge in [-0.1, -0.05) is 11.6 Å². The molecular formula is C17H21ClN6O2. The second-order valence-corrected chi connectivity index (χ2v) is 6.91. The average Bonchev–Trinajstić information content (AvgIpc) is 3.00. The fourth-order valence-electron chi connectivity index (χ4n) is 2.86. The second kappa shape index (κ2) is 6.97. The lowest BCUT2D eigenvalue weighted by Gasteiger charge is -2.11. The van der Waals surface area contributed by atoms with E-state index >= 15 is 0 Å². The summed E-state index contributed by atoms with van der Waals surface area (Å²) in [7, 11) is 5.40. The van der Waals surface area contributed by atoms with Gasteiger partial charge in [0.2, 0.25) is 0 Å².